The fraction of sp³-hybridized carbons (Fsp3) is 0.474. The zero-order valence-electron chi connectivity index (χ0n) is 15.7. The molecular weight excluding hydrogens is 387 g/mol. The van der Waals surface area contributed by atoms with Gasteiger partial charge >= 0.3 is 0 Å². The highest BCUT2D eigenvalue weighted by atomic mass is 35.5. The number of amides is 1. The fourth-order valence-corrected chi connectivity index (χ4v) is 2.95. The number of piperazine rings is 1. The summed E-state index contributed by atoms with van der Waals surface area (Å²) in [6, 6.07) is 9.85. The maximum absolute atomic E-state index is 12.4. The molecule has 0 aliphatic carbocycles. The molecule has 2 N–H and O–H groups in total. The summed E-state index contributed by atoms with van der Waals surface area (Å²) < 4.78 is 5.87. The molecule has 0 spiro atoms. The van der Waals surface area contributed by atoms with Crippen molar-refractivity contribution < 1.29 is 9.21 Å². The number of aromatic nitrogens is 1. The van der Waals surface area contributed by atoms with E-state index in [4.69, 9.17) is 10.2 Å². The van der Waals surface area contributed by atoms with Crippen molar-refractivity contribution in [3.8, 4) is 11.3 Å². The first kappa shape index (κ1) is 23.4. The van der Waals surface area contributed by atoms with E-state index in [-0.39, 0.29) is 42.7 Å². The number of carbonyl (C=O) groups is 1. The Morgan fingerprint density at radius 3 is 2.37 bits per heavy atom. The molecule has 1 aromatic heterocycles. The summed E-state index contributed by atoms with van der Waals surface area (Å²) in [6.07, 6.45) is 1.77. The smallest absolute Gasteiger partial charge is 0.227 e. The molecule has 1 saturated heterocycles. The van der Waals surface area contributed by atoms with Crippen LogP contribution in [0.5, 0.6) is 0 Å². The summed E-state index contributed by atoms with van der Waals surface area (Å²) in [4.78, 5) is 20.9. The predicted molar refractivity (Wildman–Crippen MR) is 111 cm³/mol. The highest BCUT2D eigenvalue weighted by Crippen LogP contribution is 2.21. The third-order valence-electron chi connectivity index (χ3n) is 4.83. The maximum atomic E-state index is 12.4. The van der Waals surface area contributed by atoms with Crippen LogP contribution in [0.3, 0.4) is 0 Å². The Morgan fingerprint density at radius 2 is 1.78 bits per heavy atom. The van der Waals surface area contributed by atoms with Crippen molar-refractivity contribution in [1.82, 2.24) is 14.8 Å². The average Bonchev–Trinajstić information content (AvgIpc) is 3.10. The number of hydrogen-bond donors (Lipinski definition) is 1. The predicted octanol–water partition coefficient (Wildman–Crippen LogP) is 2.81. The molecule has 1 fully saturated rings. The summed E-state index contributed by atoms with van der Waals surface area (Å²) in [7, 11) is 0. The van der Waals surface area contributed by atoms with E-state index in [0.717, 1.165) is 37.5 Å². The molecule has 1 aromatic carbocycles. The number of hydrogen-bond acceptors (Lipinski definition) is 5. The largest absolute Gasteiger partial charge is 0.439 e. The number of carbonyl (C=O) groups excluding carboxylic acids is 1. The maximum Gasteiger partial charge on any atom is 0.227 e. The summed E-state index contributed by atoms with van der Waals surface area (Å²) in [5.74, 6) is 1.52. The summed E-state index contributed by atoms with van der Waals surface area (Å²) in [5.41, 5.74) is 6.87. The van der Waals surface area contributed by atoms with Crippen LogP contribution in [-0.4, -0.2) is 52.9 Å². The molecule has 0 radical (unpaired) electrons. The van der Waals surface area contributed by atoms with Gasteiger partial charge in [0.15, 0.2) is 5.76 Å². The Bertz CT molecular complexity index is 701. The van der Waals surface area contributed by atoms with Gasteiger partial charge in [-0.25, -0.2) is 4.98 Å². The number of nitrogens with zero attached hydrogens (tertiary/aromatic N) is 3. The molecule has 6 nitrogen and oxygen atoms in total. The van der Waals surface area contributed by atoms with Crippen LogP contribution in [0.1, 0.15) is 19.7 Å². The number of benzene rings is 1. The lowest BCUT2D eigenvalue weighted by Gasteiger charge is -2.35. The lowest BCUT2D eigenvalue weighted by atomic mass is 10.0. The van der Waals surface area contributed by atoms with Crippen molar-refractivity contribution in [2.45, 2.75) is 26.4 Å². The van der Waals surface area contributed by atoms with E-state index in [1.165, 1.54) is 0 Å². The van der Waals surface area contributed by atoms with E-state index < -0.39 is 0 Å². The minimum Gasteiger partial charge on any atom is -0.439 e. The summed E-state index contributed by atoms with van der Waals surface area (Å²) in [6.45, 7) is 7.53. The van der Waals surface area contributed by atoms with E-state index in [0.29, 0.717) is 12.4 Å². The van der Waals surface area contributed by atoms with E-state index in [9.17, 15) is 4.79 Å². The minimum absolute atomic E-state index is 0. The van der Waals surface area contributed by atoms with Crippen LogP contribution in [0.25, 0.3) is 11.3 Å². The Labute approximate surface area is 172 Å². The Kier molecular flexibility index (Phi) is 9.26. The minimum atomic E-state index is -0.133. The molecule has 0 bridgehead atoms. The molecule has 2 heterocycles. The quantitative estimate of drug-likeness (QED) is 0.813. The first-order valence-electron chi connectivity index (χ1n) is 8.81. The van der Waals surface area contributed by atoms with Gasteiger partial charge in [-0.3, -0.25) is 9.69 Å². The van der Waals surface area contributed by atoms with Crippen LogP contribution in [0, 0.1) is 5.92 Å². The van der Waals surface area contributed by atoms with Crippen molar-refractivity contribution in [3.63, 3.8) is 0 Å². The van der Waals surface area contributed by atoms with Gasteiger partial charge in [0.05, 0.1) is 18.7 Å². The third kappa shape index (κ3) is 5.94. The zero-order chi connectivity index (χ0) is 17.8. The van der Waals surface area contributed by atoms with Gasteiger partial charge in [0.1, 0.15) is 0 Å². The second-order valence-electron chi connectivity index (χ2n) is 6.73. The van der Waals surface area contributed by atoms with E-state index in [2.05, 4.69) is 9.88 Å². The van der Waals surface area contributed by atoms with Crippen molar-refractivity contribution in [2.75, 3.05) is 26.2 Å². The van der Waals surface area contributed by atoms with Gasteiger partial charge in [0.25, 0.3) is 0 Å². The highest BCUT2D eigenvalue weighted by molar-refractivity contribution is 5.85. The molecule has 8 heteroatoms. The Balaban J connectivity index is 0.00000182. The molecular formula is C19H28Cl2N4O2. The number of nitrogens with two attached hydrogens (primary N) is 1. The fourth-order valence-electron chi connectivity index (χ4n) is 2.95. The number of rotatable bonds is 5. The average molecular weight is 415 g/mol. The van der Waals surface area contributed by atoms with Crippen LogP contribution in [-0.2, 0) is 11.3 Å². The van der Waals surface area contributed by atoms with Crippen LogP contribution >= 0.6 is 24.8 Å². The lowest BCUT2D eigenvalue weighted by molar-refractivity contribution is -0.137. The highest BCUT2D eigenvalue weighted by Gasteiger charge is 2.27. The first-order chi connectivity index (χ1) is 12.0. The molecule has 1 aliphatic rings. The standard InChI is InChI=1S/C19H26N4O2.2ClH/c1-14(15(2)20)19(24)23-10-8-22(9-11-23)13-18-21-12-17(25-18)16-6-4-3-5-7-16;;/h3-7,12,14-15H,8-11,13,20H2,1-2H3;2*1H. The molecule has 150 valence electrons. The first-order valence-corrected chi connectivity index (χ1v) is 8.81. The topological polar surface area (TPSA) is 75.6 Å². The second kappa shape index (κ2) is 10.7. The molecule has 0 saturated carbocycles. The van der Waals surface area contributed by atoms with Gasteiger partial charge in [-0.05, 0) is 6.92 Å². The van der Waals surface area contributed by atoms with Crippen molar-refractivity contribution in [3.05, 3.63) is 42.4 Å². The van der Waals surface area contributed by atoms with E-state index in [1.807, 2.05) is 49.1 Å². The molecule has 2 atom stereocenters. The van der Waals surface area contributed by atoms with Crippen LogP contribution in [0.15, 0.2) is 40.9 Å². The van der Waals surface area contributed by atoms with Crippen LogP contribution < -0.4 is 5.73 Å². The molecule has 2 aromatic rings. The van der Waals surface area contributed by atoms with Crippen molar-refractivity contribution >= 4 is 30.7 Å². The van der Waals surface area contributed by atoms with Gasteiger partial charge in [0.2, 0.25) is 11.8 Å². The number of oxazole rings is 1. The van der Waals surface area contributed by atoms with Gasteiger partial charge in [-0.2, -0.15) is 0 Å². The lowest BCUT2D eigenvalue weighted by Crippen LogP contribution is -2.51. The van der Waals surface area contributed by atoms with Crippen molar-refractivity contribution in [2.24, 2.45) is 11.7 Å². The number of halogens is 2. The van der Waals surface area contributed by atoms with Gasteiger partial charge in [-0.15, -0.1) is 24.8 Å². The summed E-state index contributed by atoms with van der Waals surface area (Å²) >= 11 is 0. The SMILES string of the molecule is CC(N)C(C)C(=O)N1CCN(Cc2ncc(-c3ccccc3)o2)CC1.Cl.Cl. The van der Waals surface area contributed by atoms with E-state index in [1.54, 1.807) is 6.20 Å². The molecule has 27 heavy (non-hydrogen) atoms. The van der Waals surface area contributed by atoms with E-state index >= 15 is 0 Å². The molecule has 2 unspecified atom stereocenters. The Morgan fingerprint density at radius 1 is 1.15 bits per heavy atom. The third-order valence-corrected chi connectivity index (χ3v) is 4.83. The normalized spacial score (nSPS) is 16.8. The van der Waals surface area contributed by atoms with Gasteiger partial charge in [-0.1, -0.05) is 37.3 Å². The molecule has 1 amide bonds. The van der Waals surface area contributed by atoms with Gasteiger partial charge in [0, 0.05) is 37.8 Å². The zero-order valence-corrected chi connectivity index (χ0v) is 17.3. The monoisotopic (exact) mass is 414 g/mol. The second-order valence-corrected chi connectivity index (χ2v) is 6.73. The van der Waals surface area contributed by atoms with Crippen LogP contribution in [0.4, 0.5) is 0 Å². The molecule has 1 aliphatic heterocycles. The Hall–Kier alpha value is -1.60. The van der Waals surface area contributed by atoms with Crippen LogP contribution in [0.2, 0.25) is 0 Å². The summed E-state index contributed by atoms with van der Waals surface area (Å²) in [5, 5.41) is 0. The van der Waals surface area contributed by atoms with Crippen molar-refractivity contribution in [1.29, 1.82) is 0 Å². The molecule has 3 rings (SSSR count). The van der Waals surface area contributed by atoms with Gasteiger partial charge < -0.3 is 15.1 Å².